The van der Waals surface area contributed by atoms with Gasteiger partial charge in [0, 0.05) is 23.9 Å². The van der Waals surface area contributed by atoms with Crippen LogP contribution in [0, 0.1) is 20.8 Å². The number of furan rings is 1. The first kappa shape index (κ1) is 24.9. The number of aryl methyl sites for hydroxylation is 3. The molecule has 0 atom stereocenters. The molecule has 3 heterocycles. The van der Waals surface area contributed by atoms with Crippen molar-refractivity contribution in [3.05, 3.63) is 65.2 Å². The first-order valence-corrected chi connectivity index (χ1v) is 11.5. The van der Waals surface area contributed by atoms with Gasteiger partial charge < -0.3 is 24.1 Å². The third-order valence-corrected chi connectivity index (χ3v) is 5.28. The van der Waals surface area contributed by atoms with E-state index in [1.165, 1.54) is 0 Å². The summed E-state index contributed by atoms with van der Waals surface area (Å²) in [7, 11) is 5.54. The number of anilines is 1. The second-order valence-electron chi connectivity index (χ2n) is 8.73. The Balaban J connectivity index is 1.57. The lowest BCUT2D eigenvalue weighted by Gasteiger charge is -2.16. The van der Waals surface area contributed by atoms with Crippen LogP contribution in [0.3, 0.4) is 0 Å². The summed E-state index contributed by atoms with van der Waals surface area (Å²) < 4.78 is 18.6. The summed E-state index contributed by atoms with van der Waals surface area (Å²) in [6, 6.07) is 12.7. The topological polar surface area (TPSA) is 108 Å². The van der Waals surface area contributed by atoms with Crippen LogP contribution < -0.4 is 14.8 Å². The lowest BCUT2D eigenvalue weighted by atomic mass is 10.2. The molecule has 0 saturated carbocycles. The number of methoxy groups -OCH3 is 1. The standard InChI is InChI=1S/C26H30N6O4/c1-16-11-17(2)32(30-16)24-13-23(28-26(29-24)22-9-7-18(3)36-22)27-25(33)15-35-21-10-8-20(34-6)12-19(21)14-31(4)5/h7-13H,14-15H2,1-6H3,(H,27,28,29,33). The Bertz CT molecular complexity index is 1370. The largest absolute Gasteiger partial charge is 0.497 e. The van der Waals surface area contributed by atoms with Crippen LogP contribution in [-0.2, 0) is 11.3 Å². The van der Waals surface area contributed by atoms with Crippen molar-refractivity contribution in [2.24, 2.45) is 0 Å². The van der Waals surface area contributed by atoms with Crippen LogP contribution in [0.2, 0.25) is 0 Å². The Labute approximate surface area is 209 Å². The van der Waals surface area contributed by atoms with Crippen molar-refractivity contribution in [2.45, 2.75) is 27.3 Å². The summed E-state index contributed by atoms with van der Waals surface area (Å²) in [4.78, 5) is 24.0. The van der Waals surface area contributed by atoms with E-state index in [2.05, 4.69) is 20.4 Å². The zero-order valence-electron chi connectivity index (χ0n) is 21.3. The Morgan fingerprint density at radius 1 is 1.08 bits per heavy atom. The number of hydrogen-bond acceptors (Lipinski definition) is 8. The van der Waals surface area contributed by atoms with E-state index in [0.717, 1.165) is 28.5 Å². The Hall–Kier alpha value is -4.18. The molecule has 0 spiro atoms. The van der Waals surface area contributed by atoms with E-state index in [1.54, 1.807) is 36.1 Å². The van der Waals surface area contributed by atoms with Crippen LogP contribution >= 0.6 is 0 Å². The summed E-state index contributed by atoms with van der Waals surface area (Å²) in [5, 5.41) is 7.32. The predicted octanol–water partition coefficient (Wildman–Crippen LogP) is 3.94. The van der Waals surface area contributed by atoms with Gasteiger partial charge in [-0.1, -0.05) is 0 Å². The zero-order chi connectivity index (χ0) is 25.8. The van der Waals surface area contributed by atoms with Crippen LogP contribution in [0.5, 0.6) is 11.5 Å². The summed E-state index contributed by atoms with van der Waals surface area (Å²) in [5.74, 6) is 3.37. The van der Waals surface area contributed by atoms with Crippen molar-refractivity contribution in [2.75, 3.05) is 33.1 Å². The van der Waals surface area contributed by atoms with E-state index in [1.807, 2.05) is 58.0 Å². The van der Waals surface area contributed by atoms with E-state index in [4.69, 9.17) is 13.9 Å². The maximum Gasteiger partial charge on any atom is 0.263 e. The van der Waals surface area contributed by atoms with Crippen molar-refractivity contribution >= 4 is 11.7 Å². The van der Waals surface area contributed by atoms with Gasteiger partial charge in [0.05, 0.1) is 12.8 Å². The Morgan fingerprint density at radius 2 is 1.89 bits per heavy atom. The van der Waals surface area contributed by atoms with Crippen molar-refractivity contribution in [1.82, 2.24) is 24.6 Å². The Morgan fingerprint density at radius 3 is 2.53 bits per heavy atom. The highest BCUT2D eigenvalue weighted by atomic mass is 16.5. The second-order valence-corrected chi connectivity index (χ2v) is 8.73. The number of benzene rings is 1. The predicted molar refractivity (Wildman–Crippen MR) is 136 cm³/mol. The van der Waals surface area contributed by atoms with E-state index in [9.17, 15) is 4.79 Å². The van der Waals surface area contributed by atoms with Gasteiger partial charge in [0.2, 0.25) is 0 Å². The molecule has 10 nitrogen and oxygen atoms in total. The summed E-state index contributed by atoms with van der Waals surface area (Å²) in [5.41, 5.74) is 2.67. The van der Waals surface area contributed by atoms with Crippen LogP contribution in [0.15, 0.2) is 46.9 Å². The van der Waals surface area contributed by atoms with Crippen molar-refractivity contribution in [1.29, 1.82) is 0 Å². The fourth-order valence-corrected chi connectivity index (χ4v) is 3.74. The van der Waals surface area contributed by atoms with E-state index < -0.39 is 0 Å². The molecule has 3 aromatic heterocycles. The van der Waals surface area contributed by atoms with E-state index in [0.29, 0.717) is 35.5 Å². The summed E-state index contributed by atoms with van der Waals surface area (Å²) in [6.07, 6.45) is 0. The highest BCUT2D eigenvalue weighted by molar-refractivity contribution is 5.91. The molecule has 0 aliphatic carbocycles. The number of aromatic nitrogens is 4. The molecular formula is C26H30N6O4. The van der Waals surface area contributed by atoms with Gasteiger partial charge in [-0.25, -0.2) is 14.6 Å². The normalized spacial score (nSPS) is 11.1. The minimum absolute atomic E-state index is 0.193. The van der Waals surface area contributed by atoms with Gasteiger partial charge >= 0.3 is 0 Å². The number of nitrogens with one attached hydrogen (secondary N) is 1. The molecule has 0 unspecified atom stereocenters. The minimum atomic E-state index is -0.360. The Kier molecular flexibility index (Phi) is 7.35. The fourth-order valence-electron chi connectivity index (χ4n) is 3.74. The van der Waals surface area contributed by atoms with Gasteiger partial charge in [-0.3, -0.25) is 4.79 Å². The third-order valence-electron chi connectivity index (χ3n) is 5.28. The monoisotopic (exact) mass is 490 g/mol. The molecule has 1 amide bonds. The van der Waals surface area contributed by atoms with Crippen molar-refractivity contribution in [3.8, 4) is 28.9 Å². The lowest BCUT2D eigenvalue weighted by Crippen LogP contribution is -2.22. The first-order valence-electron chi connectivity index (χ1n) is 11.5. The number of nitrogens with zero attached hydrogens (tertiary/aromatic N) is 5. The molecule has 0 aliphatic heterocycles. The molecule has 4 aromatic rings. The first-order chi connectivity index (χ1) is 17.2. The lowest BCUT2D eigenvalue weighted by molar-refractivity contribution is -0.118. The summed E-state index contributed by atoms with van der Waals surface area (Å²) in [6.45, 7) is 6.13. The molecular weight excluding hydrogens is 460 g/mol. The molecule has 1 aromatic carbocycles. The van der Waals surface area contributed by atoms with Crippen LogP contribution in [0.4, 0.5) is 5.82 Å². The molecule has 0 saturated heterocycles. The molecule has 36 heavy (non-hydrogen) atoms. The van der Waals surface area contributed by atoms with Gasteiger partial charge in [-0.15, -0.1) is 0 Å². The average molecular weight is 491 g/mol. The van der Waals surface area contributed by atoms with Crippen LogP contribution in [-0.4, -0.2) is 58.4 Å². The number of hydrogen-bond donors (Lipinski definition) is 1. The third kappa shape index (κ3) is 5.89. The number of rotatable bonds is 9. The van der Waals surface area contributed by atoms with Gasteiger partial charge in [-0.05, 0) is 71.3 Å². The van der Waals surface area contributed by atoms with Crippen molar-refractivity contribution < 1.29 is 18.7 Å². The maximum atomic E-state index is 12.8. The van der Waals surface area contributed by atoms with Crippen LogP contribution in [0.1, 0.15) is 22.7 Å². The smallest absolute Gasteiger partial charge is 0.263 e. The molecule has 0 radical (unpaired) electrons. The van der Waals surface area contributed by atoms with Gasteiger partial charge in [0.1, 0.15) is 23.1 Å². The highest BCUT2D eigenvalue weighted by Crippen LogP contribution is 2.26. The number of ether oxygens (including phenoxy) is 2. The van der Waals surface area contributed by atoms with Gasteiger partial charge in [0.25, 0.3) is 5.91 Å². The molecule has 1 N–H and O–H groups in total. The van der Waals surface area contributed by atoms with E-state index >= 15 is 0 Å². The van der Waals surface area contributed by atoms with Gasteiger partial charge in [0.15, 0.2) is 24.0 Å². The number of carbonyl (C=O) groups excluding carboxylic acids is 1. The van der Waals surface area contributed by atoms with Gasteiger partial charge in [-0.2, -0.15) is 5.10 Å². The SMILES string of the molecule is COc1ccc(OCC(=O)Nc2cc(-n3nc(C)cc3C)nc(-c3ccc(C)o3)n2)c(CN(C)C)c1. The quantitative estimate of drug-likeness (QED) is 0.376. The average Bonchev–Trinajstić information content (AvgIpc) is 3.41. The van der Waals surface area contributed by atoms with E-state index in [-0.39, 0.29) is 12.5 Å². The maximum absolute atomic E-state index is 12.8. The molecule has 0 fully saturated rings. The fraction of sp³-hybridized carbons (Fsp3) is 0.308. The second kappa shape index (κ2) is 10.6. The van der Waals surface area contributed by atoms with Crippen molar-refractivity contribution in [3.63, 3.8) is 0 Å². The molecule has 10 heteroatoms. The molecule has 0 bridgehead atoms. The van der Waals surface area contributed by atoms with Crippen LogP contribution in [0.25, 0.3) is 17.4 Å². The highest BCUT2D eigenvalue weighted by Gasteiger charge is 2.16. The summed E-state index contributed by atoms with van der Waals surface area (Å²) >= 11 is 0. The number of carbonyl (C=O) groups is 1. The number of amides is 1. The molecule has 0 aliphatic rings. The minimum Gasteiger partial charge on any atom is -0.497 e. The molecule has 4 rings (SSSR count). The molecule has 188 valence electrons. The zero-order valence-corrected chi connectivity index (χ0v) is 21.3.